The zero-order valence-corrected chi connectivity index (χ0v) is 12.1. The van der Waals surface area contributed by atoms with Crippen molar-refractivity contribution in [2.75, 3.05) is 0 Å². The van der Waals surface area contributed by atoms with Crippen LogP contribution in [0.4, 0.5) is 0 Å². The normalized spacial score (nSPS) is 28.2. The number of aliphatic carboxylic acids is 1. The number of furan rings is 1. The average molecular weight is 278 g/mol. The van der Waals surface area contributed by atoms with Crippen molar-refractivity contribution in [2.45, 2.75) is 40.2 Å². The molecule has 5 heteroatoms. The van der Waals surface area contributed by atoms with Gasteiger partial charge in [0.1, 0.15) is 5.76 Å². The number of hydrogen-bond acceptors (Lipinski definition) is 4. The Morgan fingerprint density at radius 2 is 2.15 bits per heavy atom. The molecule has 2 rings (SSSR count). The summed E-state index contributed by atoms with van der Waals surface area (Å²) in [5, 5.41) is 14.2. The summed E-state index contributed by atoms with van der Waals surface area (Å²) in [4.78, 5) is 23.7. The van der Waals surface area contributed by atoms with E-state index in [-0.39, 0.29) is 11.8 Å². The molecule has 20 heavy (non-hydrogen) atoms. The summed E-state index contributed by atoms with van der Waals surface area (Å²) >= 11 is 0. The standard InChI is InChI=1S/C15H21NO4/c1-14(2)11(6-7-15(14,3)13(18)19)12(17)16-9-10-5-4-8-20-10/h4-5,8,11H,6-7,9H2,1-3H3,(H,16,17)(H,18,19)/p-1/t11-,15+/m1/s1. The second-order valence-electron chi connectivity index (χ2n) is 6.23. The molecule has 1 saturated carbocycles. The summed E-state index contributed by atoms with van der Waals surface area (Å²) in [5.74, 6) is -0.864. The summed E-state index contributed by atoms with van der Waals surface area (Å²) < 4.78 is 5.16. The van der Waals surface area contributed by atoms with Crippen LogP contribution in [-0.4, -0.2) is 11.9 Å². The zero-order valence-electron chi connectivity index (χ0n) is 12.1. The molecule has 1 aromatic heterocycles. The number of hydrogen-bond donors (Lipinski definition) is 1. The maximum absolute atomic E-state index is 12.3. The van der Waals surface area contributed by atoms with Gasteiger partial charge in [-0.2, -0.15) is 0 Å². The molecule has 110 valence electrons. The Hall–Kier alpha value is -1.78. The molecule has 1 aromatic rings. The van der Waals surface area contributed by atoms with Crippen molar-refractivity contribution in [3.63, 3.8) is 0 Å². The predicted octanol–water partition coefficient (Wildman–Crippen LogP) is 1.09. The number of amides is 1. The molecule has 0 radical (unpaired) electrons. The number of carboxylic acid groups (broad SMARTS) is 1. The molecule has 0 aromatic carbocycles. The van der Waals surface area contributed by atoms with E-state index in [1.54, 1.807) is 25.3 Å². The maximum atomic E-state index is 12.3. The average Bonchev–Trinajstić information content (AvgIpc) is 2.95. The molecule has 5 nitrogen and oxygen atoms in total. The minimum Gasteiger partial charge on any atom is -0.550 e. The smallest absolute Gasteiger partial charge is 0.224 e. The fourth-order valence-electron chi connectivity index (χ4n) is 3.04. The number of carboxylic acids is 1. The van der Waals surface area contributed by atoms with E-state index in [1.165, 1.54) is 0 Å². The first kappa shape index (κ1) is 14.6. The largest absolute Gasteiger partial charge is 0.550 e. The van der Waals surface area contributed by atoms with Gasteiger partial charge in [-0.25, -0.2) is 0 Å². The van der Waals surface area contributed by atoms with Gasteiger partial charge in [0.2, 0.25) is 5.91 Å². The second kappa shape index (κ2) is 4.96. The van der Waals surface area contributed by atoms with Crippen molar-refractivity contribution in [3.8, 4) is 0 Å². The molecule has 0 bridgehead atoms. The first-order valence-corrected chi connectivity index (χ1v) is 6.80. The Kier molecular flexibility index (Phi) is 3.63. The third kappa shape index (κ3) is 2.21. The van der Waals surface area contributed by atoms with Crippen LogP contribution in [0.5, 0.6) is 0 Å². The van der Waals surface area contributed by atoms with Crippen LogP contribution < -0.4 is 10.4 Å². The van der Waals surface area contributed by atoms with Crippen LogP contribution in [0, 0.1) is 16.7 Å². The highest BCUT2D eigenvalue weighted by Crippen LogP contribution is 2.55. The number of carbonyl (C=O) groups excluding carboxylic acids is 2. The van der Waals surface area contributed by atoms with Crippen LogP contribution in [0.3, 0.4) is 0 Å². The van der Waals surface area contributed by atoms with E-state index in [9.17, 15) is 14.7 Å². The van der Waals surface area contributed by atoms with Crippen molar-refractivity contribution in [1.82, 2.24) is 5.32 Å². The Balaban J connectivity index is 2.06. The molecule has 1 aliphatic carbocycles. The minimum absolute atomic E-state index is 0.128. The molecule has 1 fully saturated rings. The van der Waals surface area contributed by atoms with E-state index < -0.39 is 16.8 Å². The van der Waals surface area contributed by atoms with Gasteiger partial charge in [0.15, 0.2) is 0 Å². The van der Waals surface area contributed by atoms with Gasteiger partial charge < -0.3 is 19.6 Å². The van der Waals surface area contributed by atoms with E-state index in [1.807, 2.05) is 13.8 Å². The van der Waals surface area contributed by atoms with Gasteiger partial charge in [-0.1, -0.05) is 20.8 Å². The third-order valence-corrected chi connectivity index (χ3v) is 5.01. The van der Waals surface area contributed by atoms with E-state index in [0.717, 1.165) is 0 Å². The Morgan fingerprint density at radius 3 is 2.65 bits per heavy atom. The van der Waals surface area contributed by atoms with Crippen LogP contribution >= 0.6 is 0 Å². The quantitative estimate of drug-likeness (QED) is 0.893. The molecule has 1 aliphatic rings. The zero-order chi connectivity index (χ0) is 15.0. The van der Waals surface area contributed by atoms with Gasteiger partial charge >= 0.3 is 0 Å². The van der Waals surface area contributed by atoms with Gasteiger partial charge in [-0.15, -0.1) is 0 Å². The van der Waals surface area contributed by atoms with Gasteiger partial charge in [0.25, 0.3) is 0 Å². The Bertz CT molecular complexity index is 506. The molecule has 1 N–H and O–H groups in total. The number of nitrogens with one attached hydrogen (secondary N) is 1. The van der Waals surface area contributed by atoms with E-state index in [4.69, 9.17) is 4.42 Å². The molecule has 0 spiro atoms. The van der Waals surface area contributed by atoms with Crippen LogP contribution in [0.25, 0.3) is 0 Å². The van der Waals surface area contributed by atoms with Crippen molar-refractivity contribution >= 4 is 11.9 Å². The van der Waals surface area contributed by atoms with E-state index in [0.29, 0.717) is 25.1 Å². The van der Waals surface area contributed by atoms with Crippen LogP contribution in [0.15, 0.2) is 22.8 Å². The van der Waals surface area contributed by atoms with Crippen molar-refractivity contribution in [2.24, 2.45) is 16.7 Å². The van der Waals surface area contributed by atoms with Crippen molar-refractivity contribution in [1.29, 1.82) is 0 Å². The predicted molar refractivity (Wildman–Crippen MR) is 70.2 cm³/mol. The van der Waals surface area contributed by atoms with Gasteiger partial charge in [-0.05, 0) is 30.4 Å². The molecular weight excluding hydrogens is 258 g/mol. The minimum atomic E-state index is -1.08. The first-order valence-electron chi connectivity index (χ1n) is 6.80. The lowest BCUT2D eigenvalue weighted by molar-refractivity contribution is -0.323. The maximum Gasteiger partial charge on any atom is 0.224 e. The number of carbonyl (C=O) groups is 2. The SMILES string of the molecule is CC1(C)[C@@H](C(=O)NCc2ccco2)CC[C@@]1(C)C(=O)[O-]. The van der Waals surface area contributed by atoms with Crippen molar-refractivity contribution < 1.29 is 19.1 Å². The Labute approximate surface area is 118 Å². The van der Waals surface area contributed by atoms with Gasteiger partial charge in [0, 0.05) is 17.3 Å². The summed E-state index contributed by atoms with van der Waals surface area (Å²) in [6.45, 7) is 5.64. The number of rotatable bonds is 4. The summed E-state index contributed by atoms with van der Waals surface area (Å²) in [6, 6.07) is 3.54. The van der Waals surface area contributed by atoms with E-state index in [2.05, 4.69) is 5.32 Å². The van der Waals surface area contributed by atoms with Crippen molar-refractivity contribution in [3.05, 3.63) is 24.2 Å². The summed E-state index contributed by atoms with van der Waals surface area (Å²) in [5.41, 5.74) is -1.61. The highest BCUT2D eigenvalue weighted by atomic mass is 16.4. The molecule has 1 heterocycles. The lowest BCUT2D eigenvalue weighted by Crippen LogP contribution is -2.50. The highest BCUT2D eigenvalue weighted by Gasteiger charge is 2.54. The van der Waals surface area contributed by atoms with Crippen LogP contribution in [0.2, 0.25) is 0 Å². The summed E-state index contributed by atoms with van der Waals surface area (Å²) in [6.07, 6.45) is 2.57. The van der Waals surface area contributed by atoms with Crippen LogP contribution in [0.1, 0.15) is 39.4 Å². The summed E-state index contributed by atoms with van der Waals surface area (Å²) in [7, 11) is 0. The first-order chi connectivity index (χ1) is 9.29. The third-order valence-electron chi connectivity index (χ3n) is 5.01. The highest BCUT2D eigenvalue weighted by molar-refractivity contribution is 5.83. The fourth-order valence-corrected chi connectivity index (χ4v) is 3.04. The fraction of sp³-hybridized carbons (Fsp3) is 0.600. The molecule has 2 atom stereocenters. The lowest BCUT2D eigenvalue weighted by atomic mass is 9.65. The monoisotopic (exact) mass is 278 g/mol. The van der Waals surface area contributed by atoms with E-state index >= 15 is 0 Å². The van der Waals surface area contributed by atoms with Gasteiger partial charge in [0.05, 0.1) is 12.8 Å². The molecule has 1 amide bonds. The molecule has 0 aliphatic heterocycles. The molecular formula is C15H20NO4-. The van der Waals surface area contributed by atoms with Crippen LogP contribution in [-0.2, 0) is 16.1 Å². The van der Waals surface area contributed by atoms with Gasteiger partial charge in [-0.3, -0.25) is 4.79 Å². The molecule has 0 saturated heterocycles. The second-order valence-corrected chi connectivity index (χ2v) is 6.23. The lowest BCUT2D eigenvalue weighted by Gasteiger charge is -2.41. The Morgan fingerprint density at radius 1 is 1.45 bits per heavy atom. The topological polar surface area (TPSA) is 82.4 Å². The molecule has 0 unspecified atom stereocenters.